The average molecular weight is 292 g/mol. The lowest BCUT2D eigenvalue weighted by atomic mass is 10.1. The van der Waals surface area contributed by atoms with Crippen molar-refractivity contribution >= 4 is 17.3 Å². The van der Waals surface area contributed by atoms with Crippen molar-refractivity contribution in [1.82, 2.24) is 0 Å². The van der Waals surface area contributed by atoms with Gasteiger partial charge in [0.05, 0.1) is 17.9 Å². The van der Waals surface area contributed by atoms with Gasteiger partial charge >= 0.3 is 0 Å². The highest BCUT2D eigenvalue weighted by Gasteiger charge is 2.18. The molecule has 0 aliphatic heterocycles. The number of anilines is 2. The highest BCUT2D eigenvalue weighted by molar-refractivity contribution is 6.07. The Morgan fingerprint density at radius 2 is 1.81 bits per heavy atom. The van der Waals surface area contributed by atoms with Gasteiger partial charge in [-0.2, -0.15) is 0 Å². The molecular weight excluding hydrogens is 278 g/mol. The Hall–Kier alpha value is -2.63. The molecule has 0 bridgehead atoms. The summed E-state index contributed by atoms with van der Waals surface area (Å²) in [5.74, 6) is -2.22. The van der Waals surface area contributed by atoms with Gasteiger partial charge in [0.2, 0.25) is 0 Å². The summed E-state index contributed by atoms with van der Waals surface area (Å²) >= 11 is 0. The van der Waals surface area contributed by atoms with Crippen molar-refractivity contribution in [1.29, 1.82) is 0 Å². The Morgan fingerprint density at radius 3 is 2.43 bits per heavy atom. The number of ether oxygens (including phenoxy) is 1. The van der Waals surface area contributed by atoms with Gasteiger partial charge in [0.15, 0.2) is 5.75 Å². The van der Waals surface area contributed by atoms with E-state index < -0.39 is 23.2 Å². The summed E-state index contributed by atoms with van der Waals surface area (Å²) in [4.78, 5) is 12.2. The van der Waals surface area contributed by atoms with Crippen LogP contribution in [-0.2, 0) is 0 Å². The molecule has 21 heavy (non-hydrogen) atoms. The van der Waals surface area contributed by atoms with Crippen LogP contribution in [0.25, 0.3) is 0 Å². The van der Waals surface area contributed by atoms with Gasteiger partial charge in [0.25, 0.3) is 5.91 Å². The summed E-state index contributed by atoms with van der Waals surface area (Å²) in [6.07, 6.45) is 0. The van der Waals surface area contributed by atoms with E-state index in [0.717, 1.165) is 12.1 Å². The summed E-state index contributed by atoms with van der Waals surface area (Å²) in [5, 5.41) is 2.20. The molecule has 0 radical (unpaired) electrons. The molecule has 2 aromatic rings. The number of hydrogen-bond donors (Lipinski definition) is 2. The van der Waals surface area contributed by atoms with Crippen LogP contribution in [0.3, 0.4) is 0 Å². The van der Waals surface area contributed by atoms with Crippen LogP contribution in [0.1, 0.15) is 17.3 Å². The Kier molecular flexibility index (Phi) is 4.37. The topological polar surface area (TPSA) is 64.3 Å². The van der Waals surface area contributed by atoms with Crippen molar-refractivity contribution in [2.24, 2.45) is 0 Å². The Labute approximate surface area is 120 Å². The molecule has 0 fully saturated rings. The van der Waals surface area contributed by atoms with Crippen LogP contribution in [0.2, 0.25) is 0 Å². The third-order valence-electron chi connectivity index (χ3n) is 2.78. The van der Waals surface area contributed by atoms with Crippen LogP contribution in [0.4, 0.5) is 20.2 Å². The number of nitrogen functional groups attached to an aromatic ring is 1. The second kappa shape index (κ2) is 6.21. The van der Waals surface area contributed by atoms with E-state index in [-0.39, 0.29) is 17.0 Å². The summed E-state index contributed by atoms with van der Waals surface area (Å²) in [6, 6.07) is 7.93. The van der Waals surface area contributed by atoms with E-state index in [1.54, 1.807) is 19.1 Å². The quantitative estimate of drug-likeness (QED) is 0.851. The summed E-state index contributed by atoms with van der Waals surface area (Å²) < 4.78 is 32.4. The lowest BCUT2D eigenvalue weighted by molar-refractivity contribution is 0.102. The predicted octanol–water partition coefficient (Wildman–Crippen LogP) is 3.20. The van der Waals surface area contributed by atoms with Gasteiger partial charge in [0.1, 0.15) is 17.3 Å². The van der Waals surface area contributed by atoms with Crippen molar-refractivity contribution in [3.05, 3.63) is 53.6 Å². The van der Waals surface area contributed by atoms with Crippen LogP contribution in [0.5, 0.6) is 5.75 Å². The molecule has 0 saturated carbocycles. The second-order valence-corrected chi connectivity index (χ2v) is 4.21. The fraction of sp³-hybridized carbons (Fsp3) is 0.133. The summed E-state index contributed by atoms with van der Waals surface area (Å²) in [7, 11) is 0. The monoisotopic (exact) mass is 292 g/mol. The zero-order valence-corrected chi connectivity index (χ0v) is 11.3. The molecule has 0 atom stereocenters. The van der Waals surface area contributed by atoms with E-state index in [1.807, 2.05) is 0 Å². The smallest absolute Gasteiger partial charge is 0.259 e. The summed E-state index contributed by atoms with van der Waals surface area (Å²) in [6.45, 7) is 2.05. The van der Waals surface area contributed by atoms with E-state index in [0.29, 0.717) is 6.61 Å². The van der Waals surface area contributed by atoms with Gasteiger partial charge in [-0.1, -0.05) is 12.1 Å². The molecule has 3 N–H and O–H groups in total. The van der Waals surface area contributed by atoms with Crippen molar-refractivity contribution in [3.8, 4) is 5.75 Å². The fourth-order valence-electron chi connectivity index (χ4n) is 1.84. The molecule has 0 aliphatic rings. The number of amides is 1. The van der Waals surface area contributed by atoms with Gasteiger partial charge in [-0.05, 0) is 31.2 Å². The third-order valence-corrected chi connectivity index (χ3v) is 2.78. The molecule has 0 aliphatic carbocycles. The van der Waals surface area contributed by atoms with Crippen molar-refractivity contribution in [3.63, 3.8) is 0 Å². The Balaban J connectivity index is 2.35. The van der Waals surface area contributed by atoms with E-state index >= 15 is 0 Å². The largest absolute Gasteiger partial charge is 0.491 e. The molecule has 0 saturated heterocycles. The summed E-state index contributed by atoms with van der Waals surface area (Å²) in [5.41, 5.74) is 5.63. The molecule has 0 spiro atoms. The van der Waals surface area contributed by atoms with E-state index in [1.165, 1.54) is 12.1 Å². The highest BCUT2D eigenvalue weighted by Crippen LogP contribution is 2.28. The normalized spacial score (nSPS) is 10.2. The van der Waals surface area contributed by atoms with Gasteiger partial charge in [-0.3, -0.25) is 4.79 Å². The molecule has 110 valence electrons. The SMILES string of the molecule is CCOc1c(N)cccc1C(=O)Nc1c(F)cccc1F. The highest BCUT2D eigenvalue weighted by atomic mass is 19.1. The molecule has 0 unspecified atom stereocenters. The maximum Gasteiger partial charge on any atom is 0.259 e. The minimum Gasteiger partial charge on any atom is -0.491 e. The van der Waals surface area contributed by atoms with E-state index in [9.17, 15) is 13.6 Å². The van der Waals surface area contributed by atoms with Crippen LogP contribution in [0.15, 0.2) is 36.4 Å². The van der Waals surface area contributed by atoms with Crippen LogP contribution in [0, 0.1) is 11.6 Å². The van der Waals surface area contributed by atoms with Gasteiger partial charge in [-0.25, -0.2) is 8.78 Å². The van der Waals surface area contributed by atoms with Crippen molar-refractivity contribution in [2.75, 3.05) is 17.7 Å². The molecular formula is C15H14F2N2O2. The third kappa shape index (κ3) is 3.10. The molecule has 0 aromatic heterocycles. The first-order chi connectivity index (χ1) is 10.0. The van der Waals surface area contributed by atoms with Gasteiger partial charge in [0, 0.05) is 0 Å². The van der Waals surface area contributed by atoms with Crippen LogP contribution < -0.4 is 15.8 Å². The van der Waals surface area contributed by atoms with Gasteiger partial charge < -0.3 is 15.8 Å². The molecule has 0 heterocycles. The fourth-order valence-corrected chi connectivity index (χ4v) is 1.84. The van der Waals surface area contributed by atoms with E-state index in [2.05, 4.69) is 5.32 Å². The maximum atomic E-state index is 13.5. The number of carbonyl (C=O) groups excluding carboxylic acids is 1. The predicted molar refractivity (Wildman–Crippen MR) is 76.3 cm³/mol. The zero-order valence-electron chi connectivity index (χ0n) is 11.3. The number of rotatable bonds is 4. The number of benzene rings is 2. The van der Waals surface area contributed by atoms with Crippen molar-refractivity contribution in [2.45, 2.75) is 6.92 Å². The van der Waals surface area contributed by atoms with Crippen molar-refractivity contribution < 1.29 is 18.3 Å². The lowest BCUT2D eigenvalue weighted by Crippen LogP contribution is -2.16. The molecule has 4 nitrogen and oxygen atoms in total. The first-order valence-corrected chi connectivity index (χ1v) is 6.31. The molecule has 2 aromatic carbocycles. The van der Waals surface area contributed by atoms with Crippen LogP contribution in [-0.4, -0.2) is 12.5 Å². The zero-order chi connectivity index (χ0) is 15.4. The molecule has 6 heteroatoms. The first kappa shape index (κ1) is 14.8. The second-order valence-electron chi connectivity index (χ2n) is 4.21. The number of nitrogens with one attached hydrogen (secondary N) is 1. The number of carbonyl (C=O) groups is 1. The molecule has 1 amide bonds. The number of hydrogen-bond acceptors (Lipinski definition) is 3. The van der Waals surface area contributed by atoms with Gasteiger partial charge in [-0.15, -0.1) is 0 Å². The maximum absolute atomic E-state index is 13.5. The Morgan fingerprint density at radius 1 is 1.19 bits per heavy atom. The van der Waals surface area contributed by atoms with E-state index in [4.69, 9.17) is 10.5 Å². The number of para-hydroxylation sites is 2. The lowest BCUT2D eigenvalue weighted by Gasteiger charge is -2.13. The number of nitrogens with two attached hydrogens (primary N) is 1. The molecule has 2 rings (SSSR count). The Bertz CT molecular complexity index is 654. The minimum atomic E-state index is -0.856. The first-order valence-electron chi connectivity index (χ1n) is 6.31. The average Bonchev–Trinajstić information content (AvgIpc) is 2.45. The van der Waals surface area contributed by atoms with Crippen LogP contribution >= 0.6 is 0 Å². The standard InChI is InChI=1S/C15H14F2N2O2/c1-2-21-14-9(5-3-8-12(14)18)15(20)19-13-10(16)6-4-7-11(13)17/h3-8H,2,18H2,1H3,(H,19,20). The minimum absolute atomic E-state index is 0.111. The number of halogens is 2.